The highest BCUT2D eigenvalue weighted by Gasteiger charge is 2.12. The van der Waals surface area contributed by atoms with Gasteiger partial charge in [-0.1, -0.05) is 32.0 Å². The third-order valence-corrected chi connectivity index (χ3v) is 5.27. The van der Waals surface area contributed by atoms with E-state index in [9.17, 15) is 9.59 Å². The van der Waals surface area contributed by atoms with Gasteiger partial charge in [0.05, 0.1) is 11.1 Å². The van der Waals surface area contributed by atoms with Crippen molar-refractivity contribution in [1.82, 2.24) is 16.2 Å². The fourth-order valence-corrected chi connectivity index (χ4v) is 3.33. The summed E-state index contributed by atoms with van der Waals surface area (Å²) in [5.74, 6) is 1.03. The molecule has 3 N–H and O–H groups in total. The van der Waals surface area contributed by atoms with E-state index in [-0.39, 0.29) is 11.7 Å². The van der Waals surface area contributed by atoms with Gasteiger partial charge in [-0.2, -0.15) is 0 Å². The maximum Gasteiger partial charge on any atom is 0.276 e. The van der Waals surface area contributed by atoms with Gasteiger partial charge in [-0.15, -0.1) is 0 Å². The summed E-state index contributed by atoms with van der Waals surface area (Å²) in [6.45, 7) is 8.48. The van der Waals surface area contributed by atoms with Crippen LogP contribution in [0.2, 0.25) is 0 Å². The van der Waals surface area contributed by atoms with Gasteiger partial charge in [-0.25, -0.2) is 0 Å². The molecule has 0 saturated carbocycles. The van der Waals surface area contributed by atoms with Gasteiger partial charge in [-0.05, 0) is 83.7 Å². The number of carbonyl (C=O) groups excluding carboxylic acids is 2. The van der Waals surface area contributed by atoms with Crippen molar-refractivity contribution in [2.24, 2.45) is 5.92 Å². The molecule has 172 valence electrons. The number of aryl methyl sites for hydroxylation is 2. The minimum absolute atomic E-state index is 0.0381. The quantitative estimate of drug-likeness (QED) is 0.356. The number of hydrogen-bond acceptors (Lipinski definition) is 5. The van der Waals surface area contributed by atoms with Crippen LogP contribution in [0.5, 0.6) is 11.5 Å². The summed E-state index contributed by atoms with van der Waals surface area (Å²) in [7, 11) is 0. The zero-order chi connectivity index (χ0) is 23.7. The number of thiocarbonyl (C=S) groups is 1. The fraction of sp³-hybridized carbons (Fsp3) is 0.348. The lowest BCUT2D eigenvalue weighted by atomic mass is 10.1. The first-order chi connectivity index (χ1) is 15.2. The van der Waals surface area contributed by atoms with Gasteiger partial charge in [0, 0.05) is 5.56 Å². The second-order valence-electron chi connectivity index (χ2n) is 7.64. The third-order valence-electron chi connectivity index (χ3n) is 4.45. The Balaban J connectivity index is 1.79. The summed E-state index contributed by atoms with van der Waals surface area (Å²) in [6.07, 6.45) is 0.940. The molecule has 0 fully saturated rings. The molecule has 32 heavy (non-hydrogen) atoms. The van der Waals surface area contributed by atoms with E-state index in [1.807, 2.05) is 32.0 Å². The molecule has 9 heteroatoms. The van der Waals surface area contributed by atoms with E-state index in [0.717, 1.165) is 17.5 Å². The van der Waals surface area contributed by atoms with Gasteiger partial charge < -0.3 is 9.47 Å². The molecule has 0 aliphatic heterocycles. The molecule has 0 radical (unpaired) electrons. The Hall–Kier alpha value is -2.65. The van der Waals surface area contributed by atoms with Crippen molar-refractivity contribution in [3.63, 3.8) is 0 Å². The standard InChI is InChI=1S/C23H28BrN3O4S/c1-14(2)10-11-30-19-9-8-17(12-18(19)24)22(29)25-23(32)27-26-20(28)13-31-21-15(3)6-5-7-16(21)4/h5-9,12,14H,10-11,13H2,1-4H3,(H,26,28)(H2,25,27,29,32). The number of hydrazine groups is 1. The van der Waals surface area contributed by atoms with Crippen molar-refractivity contribution in [3.8, 4) is 11.5 Å². The SMILES string of the molecule is Cc1cccc(C)c1OCC(=O)NNC(=S)NC(=O)c1ccc(OCCC(C)C)c(Br)c1. The van der Waals surface area contributed by atoms with Gasteiger partial charge in [0.2, 0.25) is 0 Å². The van der Waals surface area contributed by atoms with Crippen LogP contribution in [0, 0.1) is 19.8 Å². The first-order valence-electron chi connectivity index (χ1n) is 10.2. The van der Waals surface area contributed by atoms with Crippen LogP contribution >= 0.6 is 28.1 Å². The predicted molar refractivity (Wildman–Crippen MR) is 132 cm³/mol. The first kappa shape index (κ1) is 25.6. The molecule has 2 aromatic carbocycles. The maximum atomic E-state index is 12.4. The third kappa shape index (κ3) is 8.12. The normalized spacial score (nSPS) is 10.4. The topological polar surface area (TPSA) is 88.7 Å². The number of rotatable bonds is 8. The zero-order valence-corrected chi connectivity index (χ0v) is 21.0. The highest BCUT2D eigenvalue weighted by Crippen LogP contribution is 2.26. The van der Waals surface area contributed by atoms with E-state index in [0.29, 0.717) is 34.1 Å². The van der Waals surface area contributed by atoms with Crippen LogP contribution in [-0.2, 0) is 4.79 Å². The monoisotopic (exact) mass is 521 g/mol. The Morgan fingerprint density at radius 3 is 2.38 bits per heavy atom. The van der Waals surface area contributed by atoms with E-state index < -0.39 is 11.8 Å². The second-order valence-corrected chi connectivity index (χ2v) is 8.90. The number of nitrogens with one attached hydrogen (secondary N) is 3. The van der Waals surface area contributed by atoms with Crippen molar-refractivity contribution >= 4 is 45.1 Å². The molecule has 0 aliphatic rings. The molecule has 0 bridgehead atoms. The van der Waals surface area contributed by atoms with Gasteiger partial charge >= 0.3 is 0 Å². The average Bonchev–Trinajstić information content (AvgIpc) is 2.72. The Morgan fingerprint density at radius 2 is 1.75 bits per heavy atom. The molecule has 2 rings (SSSR count). The van der Waals surface area contributed by atoms with Crippen LogP contribution in [0.3, 0.4) is 0 Å². The number of amides is 2. The molecule has 0 spiro atoms. The summed E-state index contributed by atoms with van der Waals surface area (Å²) in [6, 6.07) is 10.8. The molecule has 0 saturated heterocycles. The van der Waals surface area contributed by atoms with Crippen molar-refractivity contribution in [3.05, 3.63) is 57.6 Å². The molecular formula is C23H28BrN3O4S. The van der Waals surface area contributed by atoms with E-state index in [4.69, 9.17) is 21.7 Å². The molecule has 2 aromatic rings. The number of hydrogen-bond donors (Lipinski definition) is 3. The van der Waals surface area contributed by atoms with E-state index in [1.165, 1.54) is 0 Å². The molecule has 0 unspecified atom stereocenters. The molecule has 0 atom stereocenters. The van der Waals surface area contributed by atoms with Crippen LogP contribution in [0.1, 0.15) is 41.8 Å². The van der Waals surface area contributed by atoms with Gasteiger partial charge in [0.1, 0.15) is 11.5 Å². The lowest BCUT2D eigenvalue weighted by Crippen LogP contribution is -2.49. The van der Waals surface area contributed by atoms with Crippen LogP contribution in [0.25, 0.3) is 0 Å². The van der Waals surface area contributed by atoms with Crippen LogP contribution < -0.4 is 25.6 Å². The van der Waals surface area contributed by atoms with Gasteiger partial charge in [0.25, 0.3) is 11.8 Å². The smallest absolute Gasteiger partial charge is 0.276 e. The van der Waals surface area contributed by atoms with Crippen molar-refractivity contribution < 1.29 is 19.1 Å². The van der Waals surface area contributed by atoms with Crippen LogP contribution in [-0.4, -0.2) is 30.1 Å². The highest BCUT2D eigenvalue weighted by atomic mass is 79.9. The van der Waals surface area contributed by atoms with Crippen molar-refractivity contribution in [2.45, 2.75) is 34.1 Å². The number of para-hydroxylation sites is 1. The molecule has 0 aromatic heterocycles. The largest absolute Gasteiger partial charge is 0.492 e. The number of benzene rings is 2. The van der Waals surface area contributed by atoms with E-state index >= 15 is 0 Å². The lowest BCUT2D eigenvalue weighted by Gasteiger charge is -2.14. The van der Waals surface area contributed by atoms with Crippen molar-refractivity contribution in [1.29, 1.82) is 0 Å². The zero-order valence-electron chi connectivity index (χ0n) is 18.6. The Bertz CT molecular complexity index is 961. The molecule has 2 amide bonds. The first-order valence-corrected chi connectivity index (χ1v) is 11.4. The van der Waals surface area contributed by atoms with E-state index in [1.54, 1.807) is 18.2 Å². The van der Waals surface area contributed by atoms with Gasteiger partial charge in [0.15, 0.2) is 11.7 Å². The Morgan fingerprint density at radius 1 is 1.06 bits per heavy atom. The summed E-state index contributed by atoms with van der Waals surface area (Å²) in [5.41, 5.74) is 7.17. The highest BCUT2D eigenvalue weighted by molar-refractivity contribution is 9.10. The van der Waals surface area contributed by atoms with Gasteiger partial charge in [-0.3, -0.25) is 25.8 Å². The summed E-state index contributed by atoms with van der Waals surface area (Å²) in [4.78, 5) is 24.4. The number of ether oxygens (including phenoxy) is 2. The Labute approximate surface area is 202 Å². The van der Waals surface area contributed by atoms with Crippen molar-refractivity contribution in [2.75, 3.05) is 13.2 Å². The molecule has 7 nitrogen and oxygen atoms in total. The minimum atomic E-state index is -0.435. The summed E-state index contributed by atoms with van der Waals surface area (Å²) in [5, 5.41) is 2.47. The fourth-order valence-electron chi connectivity index (χ4n) is 2.70. The predicted octanol–water partition coefficient (Wildman–Crippen LogP) is 4.21. The maximum absolute atomic E-state index is 12.4. The Kier molecular flexibility index (Phi) is 9.93. The number of carbonyl (C=O) groups is 2. The van der Waals surface area contributed by atoms with Crippen LogP contribution in [0.4, 0.5) is 0 Å². The molecule has 0 aliphatic carbocycles. The van der Waals surface area contributed by atoms with Crippen LogP contribution in [0.15, 0.2) is 40.9 Å². The summed E-state index contributed by atoms with van der Waals surface area (Å²) >= 11 is 8.49. The molecular weight excluding hydrogens is 494 g/mol. The van der Waals surface area contributed by atoms with E-state index in [2.05, 4.69) is 45.9 Å². The average molecular weight is 522 g/mol. The second kappa shape index (κ2) is 12.4. The summed E-state index contributed by atoms with van der Waals surface area (Å²) < 4.78 is 12.0. The molecule has 0 heterocycles. The lowest BCUT2D eigenvalue weighted by molar-refractivity contribution is -0.123. The minimum Gasteiger partial charge on any atom is -0.492 e. The number of halogens is 1.